The lowest BCUT2D eigenvalue weighted by Crippen LogP contribution is -2.41. The van der Waals surface area contributed by atoms with Crippen LogP contribution in [0.2, 0.25) is 0 Å². The molecule has 0 aliphatic heterocycles. The van der Waals surface area contributed by atoms with Crippen molar-refractivity contribution in [3.63, 3.8) is 0 Å². The topological polar surface area (TPSA) is 119 Å². The predicted octanol–water partition coefficient (Wildman–Crippen LogP) is 0.585. The number of carbonyl (C=O) groups excluding carboxylic acids is 1. The van der Waals surface area contributed by atoms with Crippen molar-refractivity contribution in [1.82, 2.24) is 4.90 Å². The molecule has 0 saturated heterocycles. The number of nitrogens with one attached hydrogen (secondary N) is 1. The number of hydrogen-bond donors (Lipinski definition) is 3. The highest BCUT2D eigenvalue weighted by Crippen LogP contribution is 2.22. The Labute approximate surface area is 125 Å². The molecule has 7 nitrogen and oxygen atoms in total. The van der Waals surface area contributed by atoms with Crippen molar-refractivity contribution in [2.24, 2.45) is 5.14 Å². The van der Waals surface area contributed by atoms with Gasteiger partial charge in [-0.25, -0.2) is 13.6 Å². The summed E-state index contributed by atoms with van der Waals surface area (Å²) in [5.74, 6) is -0.0464. The first-order valence-electron chi connectivity index (χ1n) is 6.68. The number of amides is 1. The summed E-state index contributed by atoms with van der Waals surface area (Å²) in [7, 11) is -3.79. The van der Waals surface area contributed by atoms with Crippen molar-refractivity contribution >= 4 is 27.3 Å². The van der Waals surface area contributed by atoms with Crippen LogP contribution in [0.5, 0.6) is 0 Å². The zero-order valence-electron chi connectivity index (χ0n) is 12.5. The minimum Gasteiger partial charge on any atom is -0.397 e. The summed E-state index contributed by atoms with van der Waals surface area (Å²) in [5.41, 5.74) is 6.52. The van der Waals surface area contributed by atoms with Crippen LogP contribution in [0.15, 0.2) is 23.1 Å². The van der Waals surface area contributed by atoms with Gasteiger partial charge in [0, 0.05) is 13.1 Å². The number of nitrogen functional groups attached to an aromatic ring is 1. The molecule has 0 saturated carbocycles. The van der Waals surface area contributed by atoms with Crippen molar-refractivity contribution in [3.05, 3.63) is 18.2 Å². The Kier molecular flexibility index (Phi) is 5.56. The van der Waals surface area contributed by atoms with E-state index in [1.54, 1.807) is 11.8 Å². The summed E-state index contributed by atoms with van der Waals surface area (Å²) < 4.78 is 22.5. The monoisotopic (exact) mass is 314 g/mol. The molecule has 0 bridgehead atoms. The molecule has 0 radical (unpaired) electrons. The summed E-state index contributed by atoms with van der Waals surface area (Å²) in [4.78, 5) is 13.8. The molecule has 1 aromatic carbocycles. The maximum absolute atomic E-state index is 12.2. The number of rotatable bonds is 6. The van der Waals surface area contributed by atoms with E-state index in [0.717, 1.165) is 0 Å². The van der Waals surface area contributed by atoms with Gasteiger partial charge in [0.25, 0.3) is 0 Å². The Hall–Kier alpha value is -1.80. The highest BCUT2D eigenvalue weighted by molar-refractivity contribution is 7.89. The van der Waals surface area contributed by atoms with Crippen molar-refractivity contribution in [2.45, 2.75) is 31.7 Å². The van der Waals surface area contributed by atoms with Crippen molar-refractivity contribution < 1.29 is 13.2 Å². The van der Waals surface area contributed by atoms with E-state index in [4.69, 9.17) is 10.9 Å². The Morgan fingerprint density at radius 2 is 1.90 bits per heavy atom. The van der Waals surface area contributed by atoms with Crippen LogP contribution in [-0.4, -0.2) is 38.4 Å². The van der Waals surface area contributed by atoms with E-state index in [1.807, 2.05) is 13.8 Å². The van der Waals surface area contributed by atoms with E-state index in [1.165, 1.54) is 18.2 Å². The highest BCUT2D eigenvalue weighted by atomic mass is 32.2. The Morgan fingerprint density at radius 3 is 2.33 bits per heavy atom. The van der Waals surface area contributed by atoms with E-state index in [-0.39, 0.29) is 16.5 Å². The molecular weight excluding hydrogens is 292 g/mol. The molecule has 1 rings (SSSR count). The number of sulfonamides is 1. The van der Waals surface area contributed by atoms with E-state index in [2.05, 4.69) is 5.32 Å². The molecule has 0 aliphatic rings. The molecule has 5 N–H and O–H groups in total. The van der Waals surface area contributed by atoms with E-state index in [0.29, 0.717) is 18.8 Å². The van der Waals surface area contributed by atoms with Crippen LogP contribution >= 0.6 is 0 Å². The third-order valence-electron chi connectivity index (χ3n) is 3.17. The Bertz CT molecular complexity index is 612. The summed E-state index contributed by atoms with van der Waals surface area (Å²) in [6.45, 7) is 6.79. The lowest BCUT2D eigenvalue weighted by molar-refractivity contribution is -0.131. The molecular formula is C13H22N4O3S. The first-order valence-corrected chi connectivity index (χ1v) is 8.23. The van der Waals surface area contributed by atoms with Gasteiger partial charge in [-0.15, -0.1) is 0 Å². The second-order valence-corrected chi connectivity index (χ2v) is 6.23. The third-order valence-corrected chi connectivity index (χ3v) is 4.08. The average Bonchev–Trinajstić information content (AvgIpc) is 2.41. The van der Waals surface area contributed by atoms with Crippen LogP contribution in [0.1, 0.15) is 20.8 Å². The number of anilines is 2. The number of nitrogens with two attached hydrogens (primary N) is 2. The van der Waals surface area contributed by atoms with Crippen molar-refractivity contribution in [3.8, 4) is 0 Å². The van der Waals surface area contributed by atoms with E-state index < -0.39 is 16.1 Å². The number of benzene rings is 1. The molecule has 0 fully saturated rings. The van der Waals surface area contributed by atoms with Crippen molar-refractivity contribution in [2.75, 3.05) is 24.1 Å². The van der Waals surface area contributed by atoms with Gasteiger partial charge in [0.2, 0.25) is 15.9 Å². The number of likely N-dealkylation sites (N-methyl/N-ethyl adjacent to an activating group) is 1. The molecule has 118 valence electrons. The van der Waals surface area contributed by atoms with Gasteiger partial charge < -0.3 is 16.0 Å². The molecule has 0 aliphatic carbocycles. The fourth-order valence-corrected chi connectivity index (χ4v) is 2.50. The maximum atomic E-state index is 12.2. The average molecular weight is 314 g/mol. The Balaban J connectivity index is 2.91. The largest absolute Gasteiger partial charge is 0.397 e. The van der Waals surface area contributed by atoms with E-state index in [9.17, 15) is 13.2 Å². The molecule has 1 aromatic rings. The summed E-state index contributed by atoms with van der Waals surface area (Å²) in [6, 6.07) is 3.66. The zero-order valence-corrected chi connectivity index (χ0v) is 13.3. The molecule has 21 heavy (non-hydrogen) atoms. The summed E-state index contributed by atoms with van der Waals surface area (Å²) in [5, 5.41) is 8.02. The fraction of sp³-hybridized carbons (Fsp3) is 0.462. The second-order valence-electron chi connectivity index (χ2n) is 4.67. The van der Waals surface area contributed by atoms with Gasteiger partial charge in [-0.05, 0) is 39.0 Å². The Morgan fingerprint density at radius 1 is 1.33 bits per heavy atom. The van der Waals surface area contributed by atoms with Crippen molar-refractivity contribution in [1.29, 1.82) is 0 Å². The molecule has 0 aromatic heterocycles. The van der Waals surface area contributed by atoms with Gasteiger partial charge >= 0.3 is 0 Å². The van der Waals surface area contributed by atoms with Gasteiger partial charge in [-0.3, -0.25) is 4.79 Å². The first-order chi connectivity index (χ1) is 9.70. The number of primary sulfonamides is 1. The first kappa shape index (κ1) is 17.3. The predicted molar refractivity (Wildman–Crippen MR) is 83.2 cm³/mol. The molecule has 8 heteroatoms. The van der Waals surface area contributed by atoms with Crippen LogP contribution in [-0.2, 0) is 14.8 Å². The quantitative estimate of drug-likeness (QED) is 0.664. The van der Waals surface area contributed by atoms with Gasteiger partial charge in [0.1, 0.15) is 6.04 Å². The third kappa shape index (κ3) is 4.33. The standard InChI is InChI=1S/C13H22N4O3S/c1-4-17(5-2)13(18)9(3)16-12-7-6-10(8-11(12)14)21(15,19)20/h6-9,16H,4-5,14H2,1-3H3,(H2,15,19,20). The van der Waals surface area contributed by atoms with Gasteiger partial charge in [0.15, 0.2) is 0 Å². The molecule has 1 amide bonds. The lowest BCUT2D eigenvalue weighted by atomic mass is 10.2. The number of carbonyl (C=O) groups is 1. The highest BCUT2D eigenvalue weighted by Gasteiger charge is 2.19. The zero-order chi connectivity index (χ0) is 16.2. The van der Waals surface area contributed by atoms with Crippen LogP contribution < -0.4 is 16.2 Å². The number of nitrogens with zero attached hydrogens (tertiary/aromatic N) is 1. The molecule has 0 spiro atoms. The second kappa shape index (κ2) is 6.77. The van der Waals surface area contributed by atoms with Gasteiger partial charge in [0.05, 0.1) is 16.3 Å². The van der Waals surface area contributed by atoms with Crippen LogP contribution in [0, 0.1) is 0 Å². The number of hydrogen-bond acceptors (Lipinski definition) is 5. The van der Waals surface area contributed by atoms with Gasteiger partial charge in [-0.1, -0.05) is 0 Å². The SMILES string of the molecule is CCN(CC)C(=O)C(C)Nc1ccc(S(N)(=O)=O)cc1N. The summed E-state index contributed by atoms with van der Waals surface area (Å²) in [6.07, 6.45) is 0. The fourth-order valence-electron chi connectivity index (χ4n) is 1.95. The normalized spacial score (nSPS) is 12.8. The minimum absolute atomic E-state index is 0.0464. The van der Waals surface area contributed by atoms with E-state index >= 15 is 0 Å². The molecule has 1 unspecified atom stereocenters. The van der Waals surface area contributed by atoms with Gasteiger partial charge in [-0.2, -0.15) is 0 Å². The van der Waals surface area contributed by atoms with Crippen LogP contribution in [0.25, 0.3) is 0 Å². The molecule has 1 atom stereocenters. The molecule has 0 heterocycles. The van der Waals surface area contributed by atoms with Crippen LogP contribution in [0.4, 0.5) is 11.4 Å². The lowest BCUT2D eigenvalue weighted by Gasteiger charge is -2.24. The summed E-state index contributed by atoms with van der Waals surface area (Å²) >= 11 is 0. The minimum atomic E-state index is -3.79. The smallest absolute Gasteiger partial charge is 0.244 e. The maximum Gasteiger partial charge on any atom is 0.244 e. The van der Waals surface area contributed by atoms with Crippen LogP contribution in [0.3, 0.4) is 0 Å².